The van der Waals surface area contributed by atoms with Crippen molar-refractivity contribution in [2.24, 2.45) is 23.2 Å². The fourth-order valence-electron chi connectivity index (χ4n) is 5.89. The summed E-state index contributed by atoms with van der Waals surface area (Å²) in [6.45, 7) is -0.000463. The second-order valence-electron chi connectivity index (χ2n) is 8.51. The summed E-state index contributed by atoms with van der Waals surface area (Å²) in [7, 11) is 0. The Hall–Kier alpha value is -1.75. The Morgan fingerprint density at radius 2 is 1.58 bits per heavy atom. The SMILES string of the molecule is Cl.Nc1ccccc1NC(=O)CNC(=O)CC12CC3CC(CC(C3)C1)C2. The van der Waals surface area contributed by atoms with E-state index in [-0.39, 0.29) is 36.2 Å². The third-order valence-corrected chi connectivity index (χ3v) is 6.38. The second-order valence-corrected chi connectivity index (χ2v) is 8.51. The van der Waals surface area contributed by atoms with E-state index in [2.05, 4.69) is 10.6 Å². The molecule has 0 aliphatic heterocycles. The minimum absolute atomic E-state index is 0. The first kappa shape index (κ1) is 19.0. The van der Waals surface area contributed by atoms with Crippen molar-refractivity contribution in [1.29, 1.82) is 0 Å². The summed E-state index contributed by atoms with van der Waals surface area (Å²) in [6, 6.07) is 7.13. The Labute approximate surface area is 160 Å². The van der Waals surface area contributed by atoms with Crippen molar-refractivity contribution in [3.05, 3.63) is 24.3 Å². The van der Waals surface area contributed by atoms with Gasteiger partial charge < -0.3 is 16.4 Å². The molecule has 0 heterocycles. The van der Waals surface area contributed by atoms with E-state index < -0.39 is 0 Å². The van der Waals surface area contributed by atoms with Gasteiger partial charge in [-0.15, -0.1) is 12.4 Å². The van der Waals surface area contributed by atoms with E-state index in [1.165, 1.54) is 38.5 Å². The average Bonchev–Trinajstić information content (AvgIpc) is 2.53. The lowest BCUT2D eigenvalue weighted by atomic mass is 9.49. The maximum atomic E-state index is 12.4. The molecule has 0 saturated heterocycles. The maximum Gasteiger partial charge on any atom is 0.243 e. The van der Waals surface area contributed by atoms with E-state index in [0.29, 0.717) is 17.8 Å². The van der Waals surface area contributed by atoms with Crippen LogP contribution in [0.15, 0.2) is 24.3 Å². The Balaban J connectivity index is 0.00000196. The lowest BCUT2D eigenvalue weighted by Crippen LogP contribution is -2.48. The van der Waals surface area contributed by atoms with E-state index in [4.69, 9.17) is 5.73 Å². The lowest BCUT2D eigenvalue weighted by molar-refractivity contribution is -0.131. The van der Waals surface area contributed by atoms with Crippen molar-refractivity contribution in [3.63, 3.8) is 0 Å². The number of halogens is 1. The number of carbonyl (C=O) groups excluding carboxylic acids is 2. The molecule has 0 unspecified atom stereocenters. The Bertz CT molecular complexity index is 656. The first-order valence-electron chi connectivity index (χ1n) is 9.42. The Morgan fingerprint density at radius 3 is 2.15 bits per heavy atom. The topological polar surface area (TPSA) is 84.2 Å². The first-order chi connectivity index (χ1) is 12.0. The van der Waals surface area contributed by atoms with E-state index in [1.54, 1.807) is 12.1 Å². The van der Waals surface area contributed by atoms with E-state index in [9.17, 15) is 9.59 Å². The van der Waals surface area contributed by atoms with Gasteiger partial charge in [-0.25, -0.2) is 0 Å². The number of hydrogen-bond acceptors (Lipinski definition) is 3. The molecule has 6 heteroatoms. The zero-order valence-corrected chi connectivity index (χ0v) is 15.8. The van der Waals surface area contributed by atoms with Gasteiger partial charge in [-0.05, 0) is 73.8 Å². The van der Waals surface area contributed by atoms with Crippen LogP contribution in [0.2, 0.25) is 0 Å². The van der Waals surface area contributed by atoms with Crippen LogP contribution in [0.4, 0.5) is 11.4 Å². The molecule has 0 atom stereocenters. The molecule has 26 heavy (non-hydrogen) atoms. The van der Waals surface area contributed by atoms with Gasteiger partial charge in [-0.1, -0.05) is 12.1 Å². The summed E-state index contributed by atoms with van der Waals surface area (Å²) < 4.78 is 0. The van der Waals surface area contributed by atoms with E-state index in [0.717, 1.165) is 17.8 Å². The van der Waals surface area contributed by atoms with Gasteiger partial charge >= 0.3 is 0 Å². The molecule has 0 aromatic heterocycles. The summed E-state index contributed by atoms with van der Waals surface area (Å²) in [5.74, 6) is 2.28. The van der Waals surface area contributed by atoms with Crippen molar-refractivity contribution in [2.75, 3.05) is 17.6 Å². The van der Waals surface area contributed by atoms with E-state index >= 15 is 0 Å². The molecule has 4 aliphatic rings. The van der Waals surface area contributed by atoms with Gasteiger partial charge in [0.1, 0.15) is 0 Å². The van der Waals surface area contributed by atoms with Crippen molar-refractivity contribution < 1.29 is 9.59 Å². The van der Waals surface area contributed by atoms with Crippen molar-refractivity contribution in [1.82, 2.24) is 5.32 Å². The van der Waals surface area contributed by atoms with Crippen LogP contribution < -0.4 is 16.4 Å². The first-order valence-corrected chi connectivity index (χ1v) is 9.42. The molecule has 4 saturated carbocycles. The number of anilines is 2. The minimum atomic E-state index is -0.239. The number of benzene rings is 1. The third kappa shape index (κ3) is 3.98. The standard InChI is InChI=1S/C20H27N3O2.ClH/c21-16-3-1-2-4-17(16)23-19(25)12-22-18(24)11-20-8-13-5-14(9-20)7-15(6-13)10-20;/h1-4,13-15H,5-12,21H2,(H,22,24)(H,23,25);1H. The van der Waals surface area contributed by atoms with Crippen LogP contribution in [0.25, 0.3) is 0 Å². The van der Waals surface area contributed by atoms with Gasteiger partial charge in [0.25, 0.3) is 0 Å². The molecule has 4 N–H and O–H groups in total. The predicted octanol–water partition coefficient (Wildman–Crippen LogP) is 3.35. The van der Waals surface area contributed by atoms with Crippen LogP contribution in [-0.2, 0) is 9.59 Å². The van der Waals surface area contributed by atoms with Crippen molar-refractivity contribution in [2.45, 2.75) is 44.9 Å². The average molecular weight is 378 g/mol. The number of nitrogens with one attached hydrogen (secondary N) is 2. The number of carbonyl (C=O) groups is 2. The fourth-order valence-corrected chi connectivity index (χ4v) is 5.89. The van der Waals surface area contributed by atoms with Crippen LogP contribution in [0, 0.1) is 23.2 Å². The Morgan fingerprint density at radius 1 is 1.00 bits per heavy atom. The predicted molar refractivity (Wildman–Crippen MR) is 105 cm³/mol. The molecule has 4 fully saturated rings. The molecular weight excluding hydrogens is 350 g/mol. The van der Waals surface area contributed by atoms with Crippen LogP contribution in [-0.4, -0.2) is 18.4 Å². The highest BCUT2D eigenvalue weighted by atomic mass is 35.5. The number of nitrogen functional groups attached to an aromatic ring is 1. The molecule has 0 spiro atoms. The fraction of sp³-hybridized carbons (Fsp3) is 0.600. The molecule has 4 bridgehead atoms. The summed E-state index contributed by atoms with van der Waals surface area (Å²) in [6.07, 6.45) is 8.33. The van der Waals surface area contributed by atoms with Gasteiger partial charge in [0.2, 0.25) is 11.8 Å². The van der Waals surface area contributed by atoms with Crippen LogP contribution in [0.5, 0.6) is 0 Å². The zero-order valence-electron chi connectivity index (χ0n) is 15.0. The molecule has 2 amide bonds. The van der Waals surface area contributed by atoms with E-state index in [1.807, 2.05) is 12.1 Å². The van der Waals surface area contributed by atoms with Gasteiger partial charge in [0.15, 0.2) is 0 Å². The summed E-state index contributed by atoms with van der Waals surface area (Å²) in [5.41, 5.74) is 7.14. The number of para-hydroxylation sites is 2. The smallest absolute Gasteiger partial charge is 0.243 e. The summed E-state index contributed by atoms with van der Waals surface area (Å²) in [5, 5.41) is 5.55. The highest BCUT2D eigenvalue weighted by Crippen LogP contribution is 2.61. The molecule has 5 nitrogen and oxygen atoms in total. The monoisotopic (exact) mass is 377 g/mol. The quantitative estimate of drug-likeness (QED) is 0.688. The Kier molecular flexibility index (Phi) is 5.47. The molecule has 142 valence electrons. The largest absolute Gasteiger partial charge is 0.397 e. The highest BCUT2D eigenvalue weighted by molar-refractivity contribution is 5.96. The highest BCUT2D eigenvalue weighted by Gasteiger charge is 2.51. The maximum absolute atomic E-state index is 12.4. The number of hydrogen-bond donors (Lipinski definition) is 3. The van der Waals surface area contributed by atoms with Gasteiger partial charge in [0, 0.05) is 6.42 Å². The molecular formula is C20H28ClN3O2. The van der Waals surface area contributed by atoms with Crippen LogP contribution in [0.3, 0.4) is 0 Å². The summed E-state index contributed by atoms with van der Waals surface area (Å²) >= 11 is 0. The van der Waals surface area contributed by atoms with Gasteiger partial charge in [-0.3, -0.25) is 9.59 Å². The number of rotatable bonds is 5. The number of amides is 2. The molecule has 1 aromatic rings. The van der Waals surface area contributed by atoms with Crippen molar-refractivity contribution >= 4 is 35.6 Å². The van der Waals surface area contributed by atoms with Crippen molar-refractivity contribution in [3.8, 4) is 0 Å². The molecule has 1 aromatic carbocycles. The minimum Gasteiger partial charge on any atom is -0.397 e. The lowest BCUT2D eigenvalue weighted by Gasteiger charge is -2.56. The van der Waals surface area contributed by atoms with Crippen LogP contribution in [0.1, 0.15) is 44.9 Å². The third-order valence-electron chi connectivity index (χ3n) is 6.38. The van der Waals surface area contributed by atoms with Gasteiger partial charge in [0.05, 0.1) is 17.9 Å². The number of nitrogens with two attached hydrogens (primary N) is 1. The molecule has 0 radical (unpaired) electrons. The van der Waals surface area contributed by atoms with Crippen LogP contribution >= 0.6 is 12.4 Å². The summed E-state index contributed by atoms with van der Waals surface area (Å²) in [4.78, 5) is 24.5. The second kappa shape index (κ2) is 7.47. The van der Waals surface area contributed by atoms with Gasteiger partial charge in [-0.2, -0.15) is 0 Å². The molecule has 5 rings (SSSR count). The molecule has 4 aliphatic carbocycles. The normalized spacial score (nSPS) is 31.2. The zero-order chi connectivity index (χ0) is 17.4.